The molecular weight excluding hydrogens is 330 g/mol. The Kier molecular flexibility index (Phi) is 5.03. The van der Waals surface area contributed by atoms with Crippen LogP contribution in [0.2, 0.25) is 0 Å². The summed E-state index contributed by atoms with van der Waals surface area (Å²) < 4.78 is 55.5. The predicted molar refractivity (Wildman–Crippen MR) is 89.0 cm³/mol. The topological polar surface area (TPSA) is 3.24 Å². The molecule has 0 aliphatic carbocycles. The minimum atomic E-state index is -1.68. The standard InChI is InChI=1S/C20H15F4N/c21-16-11-17(22)20(19(24)18(16)23)25(12-14-7-3-1-4-8-14)13-15-9-5-2-6-10-15/h1-11H,12-13H2. The molecule has 0 radical (unpaired) electrons. The normalized spacial score (nSPS) is 10.7. The monoisotopic (exact) mass is 345 g/mol. The maximum Gasteiger partial charge on any atom is 0.196 e. The molecule has 3 aromatic carbocycles. The van der Waals surface area contributed by atoms with Gasteiger partial charge < -0.3 is 4.90 Å². The molecule has 5 heteroatoms. The summed E-state index contributed by atoms with van der Waals surface area (Å²) in [4.78, 5) is 1.36. The van der Waals surface area contributed by atoms with E-state index >= 15 is 0 Å². The van der Waals surface area contributed by atoms with Crippen molar-refractivity contribution in [3.63, 3.8) is 0 Å². The van der Waals surface area contributed by atoms with Crippen LogP contribution >= 0.6 is 0 Å². The molecule has 0 bridgehead atoms. The van der Waals surface area contributed by atoms with Crippen LogP contribution in [0.3, 0.4) is 0 Å². The summed E-state index contributed by atoms with van der Waals surface area (Å²) in [6, 6.07) is 18.4. The molecule has 0 saturated carbocycles. The SMILES string of the molecule is Fc1cc(F)c(N(Cc2ccccc2)Cc2ccccc2)c(F)c1F. The lowest BCUT2D eigenvalue weighted by Crippen LogP contribution is -2.25. The minimum Gasteiger partial charge on any atom is -0.358 e. The van der Waals surface area contributed by atoms with Gasteiger partial charge in [0.05, 0.1) is 0 Å². The van der Waals surface area contributed by atoms with Crippen molar-refractivity contribution in [3.8, 4) is 0 Å². The highest BCUT2D eigenvalue weighted by atomic mass is 19.2. The molecule has 0 spiro atoms. The molecule has 0 heterocycles. The molecular formula is C20H15F4N. The Hall–Kier alpha value is -2.82. The summed E-state index contributed by atoms with van der Waals surface area (Å²) in [5.74, 6) is -5.88. The molecule has 3 rings (SSSR count). The molecule has 0 N–H and O–H groups in total. The fourth-order valence-electron chi connectivity index (χ4n) is 2.67. The van der Waals surface area contributed by atoms with Gasteiger partial charge >= 0.3 is 0 Å². The lowest BCUT2D eigenvalue weighted by molar-refractivity contribution is 0.432. The summed E-state index contributed by atoms with van der Waals surface area (Å²) in [5, 5.41) is 0. The molecule has 0 saturated heterocycles. The first kappa shape index (κ1) is 17.0. The summed E-state index contributed by atoms with van der Waals surface area (Å²) in [6.07, 6.45) is 0. The average molecular weight is 345 g/mol. The van der Waals surface area contributed by atoms with Gasteiger partial charge in [0.2, 0.25) is 0 Å². The smallest absolute Gasteiger partial charge is 0.196 e. The molecule has 0 aromatic heterocycles. The van der Waals surface area contributed by atoms with Crippen molar-refractivity contribution >= 4 is 5.69 Å². The van der Waals surface area contributed by atoms with E-state index in [0.29, 0.717) is 6.07 Å². The average Bonchev–Trinajstić information content (AvgIpc) is 2.61. The fourth-order valence-corrected chi connectivity index (χ4v) is 2.67. The van der Waals surface area contributed by atoms with E-state index in [-0.39, 0.29) is 13.1 Å². The van der Waals surface area contributed by atoms with E-state index in [0.717, 1.165) is 11.1 Å². The molecule has 128 valence electrons. The van der Waals surface area contributed by atoms with E-state index in [1.807, 2.05) is 12.1 Å². The van der Waals surface area contributed by atoms with Crippen molar-refractivity contribution in [1.82, 2.24) is 0 Å². The van der Waals surface area contributed by atoms with Crippen LogP contribution in [0.5, 0.6) is 0 Å². The number of anilines is 1. The number of rotatable bonds is 5. The third kappa shape index (κ3) is 3.82. The van der Waals surface area contributed by atoms with Gasteiger partial charge in [-0.25, -0.2) is 17.6 Å². The predicted octanol–water partition coefficient (Wildman–Crippen LogP) is 5.45. The third-order valence-corrected chi connectivity index (χ3v) is 3.84. The third-order valence-electron chi connectivity index (χ3n) is 3.84. The number of hydrogen-bond donors (Lipinski definition) is 0. The zero-order valence-electron chi connectivity index (χ0n) is 13.2. The van der Waals surface area contributed by atoms with Crippen molar-refractivity contribution in [2.24, 2.45) is 0 Å². The van der Waals surface area contributed by atoms with Crippen LogP contribution in [-0.2, 0) is 13.1 Å². The van der Waals surface area contributed by atoms with Gasteiger partial charge in [0.15, 0.2) is 23.3 Å². The fraction of sp³-hybridized carbons (Fsp3) is 0.100. The number of nitrogens with zero attached hydrogens (tertiary/aromatic N) is 1. The van der Waals surface area contributed by atoms with Crippen LogP contribution < -0.4 is 4.90 Å². The van der Waals surface area contributed by atoms with Gasteiger partial charge in [-0.2, -0.15) is 0 Å². The van der Waals surface area contributed by atoms with Gasteiger partial charge in [-0.1, -0.05) is 60.7 Å². The second-order valence-corrected chi connectivity index (χ2v) is 5.64. The van der Waals surface area contributed by atoms with Crippen molar-refractivity contribution in [2.75, 3.05) is 4.90 Å². The maximum absolute atomic E-state index is 14.3. The van der Waals surface area contributed by atoms with E-state index in [4.69, 9.17) is 0 Å². The van der Waals surface area contributed by atoms with E-state index in [1.54, 1.807) is 48.5 Å². The Morgan fingerprint density at radius 1 is 0.600 bits per heavy atom. The van der Waals surface area contributed by atoms with Crippen molar-refractivity contribution in [1.29, 1.82) is 0 Å². The lowest BCUT2D eigenvalue weighted by atomic mass is 10.1. The summed E-state index contributed by atoms with van der Waals surface area (Å²) in [7, 11) is 0. The van der Waals surface area contributed by atoms with Crippen LogP contribution in [-0.4, -0.2) is 0 Å². The number of halogens is 4. The lowest BCUT2D eigenvalue weighted by Gasteiger charge is -2.26. The van der Waals surface area contributed by atoms with E-state index in [9.17, 15) is 17.6 Å². The van der Waals surface area contributed by atoms with Gasteiger partial charge in [-0.15, -0.1) is 0 Å². The quantitative estimate of drug-likeness (QED) is 0.338. The molecule has 1 nitrogen and oxygen atoms in total. The minimum absolute atomic E-state index is 0.147. The van der Waals surface area contributed by atoms with Gasteiger partial charge in [-0.05, 0) is 11.1 Å². The largest absolute Gasteiger partial charge is 0.358 e. The molecule has 0 fully saturated rings. The molecule has 25 heavy (non-hydrogen) atoms. The molecule has 0 amide bonds. The Morgan fingerprint density at radius 3 is 1.56 bits per heavy atom. The summed E-state index contributed by atoms with van der Waals surface area (Å²) >= 11 is 0. The highest BCUT2D eigenvalue weighted by Crippen LogP contribution is 2.30. The van der Waals surface area contributed by atoms with E-state index in [2.05, 4.69) is 0 Å². The number of hydrogen-bond acceptors (Lipinski definition) is 1. The van der Waals surface area contributed by atoms with Crippen LogP contribution in [0.4, 0.5) is 23.2 Å². The highest BCUT2D eigenvalue weighted by molar-refractivity contribution is 5.51. The van der Waals surface area contributed by atoms with E-state index in [1.165, 1.54) is 4.90 Å². The first-order chi connectivity index (χ1) is 12.1. The second-order valence-electron chi connectivity index (χ2n) is 5.64. The van der Waals surface area contributed by atoms with Crippen LogP contribution in [0.25, 0.3) is 0 Å². The molecule has 0 unspecified atom stereocenters. The van der Waals surface area contributed by atoms with Gasteiger partial charge in [0.1, 0.15) is 5.69 Å². The number of benzene rings is 3. The van der Waals surface area contributed by atoms with Crippen LogP contribution in [0, 0.1) is 23.3 Å². The first-order valence-electron chi connectivity index (χ1n) is 7.72. The zero-order valence-corrected chi connectivity index (χ0v) is 13.2. The highest BCUT2D eigenvalue weighted by Gasteiger charge is 2.24. The first-order valence-corrected chi connectivity index (χ1v) is 7.72. The maximum atomic E-state index is 14.3. The summed E-state index contributed by atoms with van der Waals surface area (Å²) in [5.41, 5.74) is 1.01. The van der Waals surface area contributed by atoms with E-state index < -0.39 is 29.0 Å². The molecule has 0 aliphatic rings. The summed E-state index contributed by atoms with van der Waals surface area (Å²) in [6.45, 7) is 0.295. The Bertz CT molecular complexity index is 809. The van der Waals surface area contributed by atoms with Gasteiger partial charge in [-0.3, -0.25) is 0 Å². The molecule has 0 aliphatic heterocycles. The zero-order chi connectivity index (χ0) is 17.8. The van der Waals surface area contributed by atoms with Crippen molar-refractivity contribution in [3.05, 3.63) is 101 Å². The Labute approximate surface area is 143 Å². The Morgan fingerprint density at radius 2 is 1.08 bits per heavy atom. The van der Waals surface area contributed by atoms with Crippen LogP contribution in [0.1, 0.15) is 11.1 Å². The second kappa shape index (κ2) is 7.38. The van der Waals surface area contributed by atoms with Gasteiger partial charge in [0, 0.05) is 19.2 Å². The Balaban J connectivity index is 2.03. The van der Waals surface area contributed by atoms with Crippen LogP contribution in [0.15, 0.2) is 66.7 Å². The van der Waals surface area contributed by atoms with Crippen molar-refractivity contribution < 1.29 is 17.6 Å². The molecule has 0 atom stereocenters. The van der Waals surface area contributed by atoms with Gasteiger partial charge in [0.25, 0.3) is 0 Å². The van der Waals surface area contributed by atoms with Crippen molar-refractivity contribution in [2.45, 2.75) is 13.1 Å². The molecule has 3 aromatic rings.